The molecule has 2 nitrogen and oxygen atoms in total. The van der Waals surface area contributed by atoms with Crippen LogP contribution in [0.3, 0.4) is 0 Å². The summed E-state index contributed by atoms with van der Waals surface area (Å²) in [5.74, 6) is -1.18. The Morgan fingerprint density at radius 2 is 1.95 bits per heavy atom. The molecular weight excluding hydrogens is 290 g/mol. The van der Waals surface area contributed by atoms with Crippen molar-refractivity contribution in [3.05, 3.63) is 52.7 Å². The summed E-state index contributed by atoms with van der Waals surface area (Å²) in [4.78, 5) is 3.94. The van der Waals surface area contributed by atoms with Gasteiger partial charge in [-0.15, -0.1) is 0 Å². The normalized spacial score (nSPS) is 10.7. The van der Waals surface area contributed by atoms with E-state index in [-0.39, 0.29) is 4.90 Å². The number of halogens is 3. The third-order valence-electron chi connectivity index (χ3n) is 2.35. The van der Waals surface area contributed by atoms with Crippen molar-refractivity contribution in [3.63, 3.8) is 0 Å². The average Bonchev–Trinajstić information content (AvgIpc) is 2.36. The van der Waals surface area contributed by atoms with Gasteiger partial charge in [-0.2, -0.15) is 0 Å². The number of benzene rings is 1. The van der Waals surface area contributed by atoms with E-state index in [1.54, 1.807) is 19.2 Å². The van der Waals surface area contributed by atoms with E-state index in [1.165, 1.54) is 18.3 Å². The largest absolute Gasteiger partial charge is 0.316 e. The highest BCUT2D eigenvalue weighted by molar-refractivity contribution is 7.99. The highest BCUT2D eigenvalue weighted by Crippen LogP contribution is 2.31. The van der Waals surface area contributed by atoms with Crippen LogP contribution in [0.15, 0.2) is 40.4 Å². The molecule has 0 unspecified atom stereocenters. The maximum absolute atomic E-state index is 13.9. The van der Waals surface area contributed by atoms with Gasteiger partial charge in [0.25, 0.3) is 0 Å². The van der Waals surface area contributed by atoms with Crippen molar-refractivity contribution in [2.24, 2.45) is 0 Å². The number of hydrogen-bond acceptors (Lipinski definition) is 3. The van der Waals surface area contributed by atoms with Crippen LogP contribution in [0.2, 0.25) is 5.02 Å². The molecule has 0 fully saturated rings. The molecule has 0 saturated carbocycles. The van der Waals surface area contributed by atoms with Crippen LogP contribution in [-0.4, -0.2) is 12.0 Å². The van der Waals surface area contributed by atoms with Gasteiger partial charge in [0.15, 0.2) is 0 Å². The van der Waals surface area contributed by atoms with Crippen LogP contribution in [-0.2, 0) is 6.54 Å². The topological polar surface area (TPSA) is 24.9 Å². The van der Waals surface area contributed by atoms with E-state index in [9.17, 15) is 8.78 Å². The number of nitrogens with zero attached hydrogens (tertiary/aromatic N) is 1. The van der Waals surface area contributed by atoms with Crippen molar-refractivity contribution < 1.29 is 8.78 Å². The molecule has 1 N–H and O–H groups in total. The molecule has 0 radical (unpaired) electrons. The molecule has 0 aliphatic heterocycles. The maximum Gasteiger partial charge on any atom is 0.140 e. The lowest BCUT2D eigenvalue weighted by Gasteiger charge is -2.07. The van der Waals surface area contributed by atoms with E-state index < -0.39 is 11.6 Å². The van der Waals surface area contributed by atoms with Crippen LogP contribution >= 0.6 is 23.4 Å². The number of hydrogen-bond donors (Lipinski definition) is 1. The molecule has 19 heavy (non-hydrogen) atoms. The zero-order valence-electron chi connectivity index (χ0n) is 10.1. The molecule has 1 heterocycles. The lowest BCUT2D eigenvalue weighted by molar-refractivity contribution is 0.535. The van der Waals surface area contributed by atoms with Crippen LogP contribution in [0.25, 0.3) is 0 Å². The van der Waals surface area contributed by atoms with Gasteiger partial charge in [0.2, 0.25) is 0 Å². The molecule has 1 aromatic carbocycles. The molecule has 2 aromatic rings. The SMILES string of the molecule is CNCc1cc(F)c(Sc2ccc(Cl)cn2)c(F)c1. The van der Waals surface area contributed by atoms with E-state index in [0.29, 0.717) is 22.2 Å². The fourth-order valence-corrected chi connectivity index (χ4v) is 2.42. The first-order chi connectivity index (χ1) is 9.10. The van der Waals surface area contributed by atoms with Gasteiger partial charge < -0.3 is 5.32 Å². The third kappa shape index (κ3) is 3.65. The molecule has 100 valence electrons. The minimum absolute atomic E-state index is 0.0605. The van der Waals surface area contributed by atoms with Gasteiger partial charge in [-0.1, -0.05) is 23.4 Å². The first kappa shape index (κ1) is 14.2. The van der Waals surface area contributed by atoms with Crippen LogP contribution in [0, 0.1) is 11.6 Å². The molecule has 0 aliphatic carbocycles. The molecule has 0 atom stereocenters. The van der Waals surface area contributed by atoms with Gasteiger partial charge in [0.05, 0.1) is 9.92 Å². The fraction of sp³-hybridized carbons (Fsp3) is 0.154. The van der Waals surface area contributed by atoms with Crippen LogP contribution in [0.5, 0.6) is 0 Å². The van der Waals surface area contributed by atoms with Gasteiger partial charge in [0, 0.05) is 12.7 Å². The lowest BCUT2D eigenvalue weighted by atomic mass is 10.2. The first-order valence-electron chi connectivity index (χ1n) is 5.52. The van der Waals surface area contributed by atoms with E-state index in [4.69, 9.17) is 11.6 Å². The van der Waals surface area contributed by atoms with Crippen LogP contribution in [0.1, 0.15) is 5.56 Å². The molecule has 0 spiro atoms. The third-order valence-corrected chi connectivity index (χ3v) is 3.61. The summed E-state index contributed by atoms with van der Waals surface area (Å²) in [6, 6.07) is 5.88. The summed E-state index contributed by atoms with van der Waals surface area (Å²) in [6.07, 6.45) is 1.44. The number of nitrogens with one attached hydrogen (secondary N) is 1. The summed E-state index contributed by atoms with van der Waals surface area (Å²) in [6.45, 7) is 0.415. The summed E-state index contributed by atoms with van der Waals surface area (Å²) in [5.41, 5.74) is 0.561. The van der Waals surface area contributed by atoms with Crippen molar-refractivity contribution in [2.45, 2.75) is 16.5 Å². The second-order valence-corrected chi connectivity index (χ2v) is 5.30. The fourth-order valence-electron chi connectivity index (χ4n) is 1.54. The Balaban J connectivity index is 2.27. The minimum Gasteiger partial charge on any atom is -0.316 e. The second kappa shape index (κ2) is 6.32. The molecule has 2 rings (SSSR count). The summed E-state index contributed by atoms with van der Waals surface area (Å²) >= 11 is 6.64. The monoisotopic (exact) mass is 300 g/mol. The predicted octanol–water partition coefficient (Wildman–Crippen LogP) is 3.88. The Morgan fingerprint density at radius 3 is 2.47 bits per heavy atom. The quantitative estimate of drug-likeness (QED) is 0.927. The predicted molar refractivity (Wildman–Crippen MR) is 72.5 cm³/mol. The molecule has 0 amide bonds. The number of pyridine rings is 1. The summed E-state index contributed by atoms with van der Waals surface area (Å²) in [5, 5.41) is 3.82. The highest BCUT2D eigenvalue weighted by atomic mass is 35.5. The van der Waals surface area contributed by atoms with Crippen molar-refractivity contribution in [3.8, 4) is 0 Å². The maximum atomic E-state index is 13.9. The van der Waals surface area contributed by atoms with Crippen molar-refractivity contribution in [2.75, 3.05) is 7.05 Å². The molecule has 0 bridgehead atoms. The van der Waals surface area contributed by atoms with E-state index >= 15 is 0 Å². The molecule has 0 saturated heterocycles. The van der Waals surface area contributed by atoms with Crippen molar-refractivity contribution in [1.29, 1.82) is 0 Å². The Morgan fingerprint density at radius 1 is 1.26 bits per heavy atom. The Bertz CT molecular complexity index is 552. The van der Waals surface area contributed by atoms with Crippen molar-refractivity contribution in [1.82, 2.24) is 10.3 Å². The average molecular weight is 301 g/mol. The van der Waals surface area contributed by atoms with Gasteiger partial charge in [-0.05, 0) is 36.9 Å². The van der Waals surface area contributed by atoms with Gasteiger partial charge in [-0.25, -0.2) is 13.8 Å². The number of aromatic nitrogens is 1. The zero-order chi connectivity index (χ0) is 13.8. The summed E-state index contributed by atoms with van der Waals surface area (Å²) < 4.78 is 27.7. The molecule has 0 aliphatic rings. The van der Waals surface area contributed by atoms with Gasteiger partial charge in [0.1, 0.15) is 16.7 Å². The molecular formula is C13H11ClF2N2S. The highest BCUT2D eigenvalue weighted by Gasteiger charge is 2.13. The van der Waals surface area contributed by atoms with Crippen molar-refractivity contribution >= 4 is 23.4 Å². The van der Waals surface area contributed by atoms with E-state index in [1.807, 2.05) is 0 Å². The Kier molecular flexibility index (Phi) is 4.74. The standard InChI is InChI=1S/C13H11ClF2N2S/c1-17-6-8-4-10(15)13(11(16)5-8)19-12-3-2-9(14)7-18-12/h2-5,7,17H,6H2,1H3. The smallest absolute Gasteiger partial charge is 0.140 e. The van der Waals surface area contributed by atoms with Gasteiger partial charge >= 0.3 is 0 Å². The number of rotatable bonds is 4. The Hall–Kier alpha value is -1.17. The second-order valence-electron chi connectivity index (χ2n) is 3.84. The summed E-state index contributed by atoms with van der Waals surface area (Å²) in [7, 11) is 1.72. The van der Waals surface area contributed by atoms with E-state index in [2.05, 4.69) is 10.3 Å². The lowest BCUT2D eigenvalue weighted by Crippen LogP contribution is -2.06. The minimum atomic E-state index is -0.591. The molecule has 6 heteroatoms. The Labute approximate surface area is 119 Å². The van der Waals surface area contributed by atoms with E-state index in [0.717, 1.165) is 11.8 Å². The first-order valence-corrected chi connectivity index (χ1v) is 6.71. The van der Waals surface area contributed by atoms with Crippen LogP contribution in [0.4, 0.5) is 8.78 Å². The molecule has 1 aromatic heterocycles. The van der Waals surface area contributed by atoms with Crippen LogP contribution < -0.4 is 5.32 Å². The zero-order valence-corrected chi connectivity index (χ0v) is 11.7. The van der Waals surface area contributed by atoms with Gasteiger partial charge in [-0.3, -0.25) is 0 Å².